The van der Waals surface area contributed by atoms with E-state index in [2.05, 4.69) is 15.6 Å². The van der Waals surface area contributed by atoms with Crippen LogP contribution in [-0.4, -0.2) is 43.6 Å². The van der Waals surface area contributed by atoms with Gasteiger partial charge in [-0.15, -0.1) is 11.3 Å². The maximum Gasteiger partial charge on any atom is 0.338 e. The number of aromatic nitrogens is 1. The van der Waals surface area contributed by atoms with E-state index < -0.39 is 0 Å². The molecule has 0 radical (unpaired) electrons. The summed E-state index contributed by atoms with van der Waals surface area (Å²) in [5.74, 6) is -0.0522. The number of carbonyl (C=O) groups is 3. The molecule has 0 saturated carbocycles. The Morgan fingerprint density at radius 2 is 1.66 bits per heavy atom. The summed E-state index contributed by atoms with van der Waals surface area (Å²) < 4.78 is 15.6. The summed E-state index contributed by atoms with van der Waals surface area (Å²) in [4.78, 5) is 41.2. The zero-order valence-electron chi connectivity index (χ0n) is 19.8. The standard InChI is InChI=1S/C25H27N3O6S/c1-4-5-12-34-24(31)16-6-9-18(10-7-16)26-22(29)14-19-15-35-25(27-19)28-23(30)17-8-11-20(32-2)21(13-17)33-3/h6-11,13,15H,4-5,12,14H2,1-3H3,(H,26,29)(H,27,28,30). The van der Waals surface area contributed by atoms with E-state index in [9.17, 15) is 14.4 Å². The van der Waals surface area contributed by atoms with E-state index in [1.807, 2.05) is 6.92 Å². The lowest BCUT2D eigenvalue weighted by molar-refractivity contribution is -0.115. The third kappa shape index (κ3) is 7.28. The summed E-state index contributed by atoms with van der Waals surface area (Å²) in [6.07, 6.45) is 1.80. The molecule has 10 heteroatoms. The van der Waals surface area contributed by atoms with Crippen molar-refractivity contribution in [3.8, 4) is 11.5 Å². The van der Waals surface area contributed by atoms with Gasteiger partial charge in [0.1, 0.15) is 0 Å². The van der Waals surface area contributed by atoms with E-state index in [-0.39, 0.29) is 24.2 Å². The van der Waals surface area contributed by atoms with Crippen LogP contribution < -0.4 is 20.1 Å². The molecule has 1 heterocycles. The summed E-state index contributed by atoms with van der Waals surface area (Å²) in [6, 6.07) is 11.3. The molecule has 35 heavy (non-hydrogen) atoms. The Hall–Kier alpha value is -3.92. The number of methoxy groups -OCH3 is 2. The zero-order valence-corrected chi connectivity index (χ0v) is 20.6. The van der Waals surface area contributed by atoms with E-state index in [0.717, 1.165) is 12.8 Å². The third-order valence-corrected chi connectivity index (χ3v) is 5.70. The number of anilines is 2. The average Bonchev–Trinajstić information content (AvgIpc) is 3.30. The van der Waals surface area contributed by atoms with Crippen LogP contribution in [0.3, 0.4) is 0 Å². The van der Waals surface area contributed by atoms with Crippen molar-refractivity contribution >= 4 is 39.9 Å². The molecule has 0 aliphatic rings. The second-order valence-corrected chi connectivity index (χ2v) is 8.32. The van der Waals surface area contributed by atoms with Crippen molar-refractivity contribution in [2.75, 3.05) is 31.5 Å². The molecule has 3 rings (SSSR count). The van der Waals surface area contributed by atoms with Crippen LogP contribution in [0, 0.1) is 0 Å². The third-order valence-electron chi connectivity index (χ3n) is 4.90. The van der Waals surface area contributed by atoms with E-state index in [0.29, 0.717) is 45.7 Å². The first-order valence-corrected chi connectivity index (χ1v) is 11.9. The van der Waals surface area contributed by atoms with Crippen LogP contribution in [0.2, 0.25) is 0 Å². The average molecular weight is 498 g/mol. The highest BCUT2D eigenvalue weighted by Crippen LogP contribution is 2.28. The Bertz CT molecular complexity index is 1180. The number of rotatable bonds is 11. The minimum atomic E-state index is -0.388. The summed E-state index contributed by atoms with van der Waals surface area (Å²) in [5.41, 5.74) is 1.88. The van der Waals surface area contributed by atoms with Gasteiger partial charge in [-0.1, -0.05) is 13.3 Å². The monoisotopic (exact) mass is 497 g/mol. The molecular weight excluding hydrogens is 470 g/mol. The second-order valence-electron chi connectivity index (χ2n) is 7.46. The van der Waals surface area contributed by atoms with E-state index in [4.69, 9.17) is 14.2 Å². The van der Waals surface area contributed by atoms with Gasteiger partial charge in [0.2, 0.25) is 5.91 Å². The van der Waals surface area contributed by atoms with Gasteiger partial charge < -0.3 is 19.5 Å². The van der Waals surface area contributed by atoms with Crippen molar-refractivity contribution < 1.29 is 28.6 Å². The SMILES string of the molecule is CCCCOC(=O)c1ccc(NC(=O)Cc2csc(NC(=O)c3ccc(OC)c(OC)c3)n2)cc1. The molecule has 2 amide bonds. The van der Waals surface area contributed by atoms with Crippen LogP contribution in [-0.2, 0) is 16.0 Å². The molecule has 0 saturated heterocycles. The highest BCUT2D eigenvalue weighted by molar-refractivity contribution is 7.14. The fourth-order valence-electron chi connectivity index (χ4n) is 3.04. The summed E-state index contributed by atoms with van der Waals surface area (Å²) in [6.45, 7) is 2.41. The molecule has 1 aromatic heterocycles. The quantitative estimate of drug-likeness (QED) is 0.295. The van der Waals surface area contributed by atoms with E-state index >= 15 is 0 Å². The lowest BCUT2D eigenvalue weighted by atomic mass is 10.2. The predicted molar refractivity (Wildman–Crippen MR) is 134 cm³/mol. The number of hydrogen-bond acceptors (Lipinski definition) is 8. The molecule has 0 bridgehead atoms. The molecule has 9 nitrogen and oxygen atoms in total. The van der Waals surface area contributed by atoms with Crippen LogP contribution >= 0.6 is 11.3 Å². The topological polar surface area (TPSA) is 116 Å². The predicted octanol–water partition coefficient (Wildman–Crippen LogP) is 4.55. The molecule has 2 N–H and O–H groups in total. The maximum atomic E-state index is 12.6. The number of esters is 1. The molecule has 0 aliphatic heterocycles. The number of thiazole rings is 1. The van der Waals surface area contributed by atoms with E-state index in [1.54, 1.807) is 47.8 Å². The van der Waals surface area contributed by atoms with Crippen LogP contribution in [0.4, 0.5) is 10.8 Å². The zero-order chi connectivity index (χ0) is 25.2. The van der Waals surface area contributed by atoms with Crippen LogP contribution in [0.15, 0.2) is 47.8 Å². The number of unbranched alkanes of at least 4 members (excludes halogenated alkanes) is 1. The smallest absolute Gasteiger partial charge is 0.338 e. The number of benzene rings is 2. The molecule has 3 aromatic rings. The Kier molecular flexibility index (Phi) is 9.19. The van der Waals surface area contributed by atoms with Crippen molar-refractivity contribution in [3.05, 3.63) is 64.7 Å². The number of nitrogens with zero attached hydrogens (tertiary/aromatic N) is 1. The summed E-state index contributed by atoms with van der Waals surface area (Å²) >= 11 is 1.22. The number of carbonyl (C=O) groups excluding carboxylic acids is 3. The largest absolute Gasteiger partial charge is 0.493 e. The van der Waals surface area contributed by atoms with Gasteiger partial charge in [-0.2, -0.15) is 0 Å². The summed E-state index contributed by atoms with van der Waals surface area (Å²) in [7, 11) is 3.01. The fraction of sp³-hybridized carbons (Fsp3) is 0.280. The van der Waals surface area contributed by atoms with Crippen molar-refractivity contribution in [1.82, 2.24) is 4.98 Å². The van der Waals surface area contributed by atoms with Crippen LogP contribution in [0.5, 0.6) is 11.5 Å². The van der Waals surface area contributed by atoms with Gasteiger partial charge in [-0.3, -0.25) is 14.9 Å². The van der Waals surface area contributed by atoms with Crippen molar-refractivity contribution in [2.45, 2.75) is 26.2 Å². The lowest BCUT2D eigenvalue weighted by Crippen LogP contribution is -2.15. The van der Waals surface area contributed by atoms with Crippen molar-refractivity contribution in [3.63, 3.8) is 0 Å². The Morgan fingerprint density at radius 3 is 2.34 bits per heavy atom. The van der Waals surface area contributed by atoms with Gasteiger partial charge in [-0.25, -0.2) is 9.78 Å². The van der Waals surface area contributed by atoms with Crippen molar-refractivity contribution in [2.24, 2.45) is 0 Å². The number of ether oxygens (including phenoxy) is 3. The molecular formula is C25H27N3O6S. The Balaban J connectivity index is 1.53. The van der Waals surface area contributed by atoms with Gasteiger partial charge in [-0.05, 0) is 48.9 Å². The number of amides is 2. The highest BCUT2D eigenvalue weighted by atomic mass is 32.1. The van der Waals surface area contributed by atoms with Crippen LogP contribution in [0.25, 0.3) is 0 Å². The molecule has 0 unspecified atom stereocenters. The van der Waals surface area contributed by atoms with Gasteiger partial charge in [0, 0.05) is 16.6 Å². The first kappa shape index (κ1) is 25.7. The van der Waals surface area contributed by atoms with Crippen molar-refractivity contribution in [1.29, 1.82) is 0 Å². The number of nitrogens with one attached hydrogen (secondary N) is 2. The Morgan fingerprint density at radius 1 is 0.943 bits per heavy atom. The second kappa shape index (κ2) is 12.5. The molecule has 2 aromatic carbocycles. The molecule has 0 fully saturated rings. The first-order chi connectivity index (χ1) is 16.9. The molecule has 0 atom stereocenters. The molecule has 0 spiro atoms. The van der Waals surface area contributed by atoms with Gasteiger partial charge in [0.25, 0.3) is 5.91 Å². The van der Waals surface area contributed by atoms with E-state index in [1.165, 1.54) is 25.6 Å². The minimum Gasteiger partial charge on any atom is -0.493 e. The maximum absolute atomic E-state index is 12.6. The lowest BCUT2D eigenvalue weighted by Gasteiger charge is -2.09. The summed E-state index contributed by atoms with van der Waals surface area (Å²) in [5, 5.41) is 7.57. The normalized spacial score (nSPS) is 10.4. The molecule has 0 aliphatic carbocycles. The Labute approximate surface area is 207 Å². The first-order valence-electron chi connectivity index (χ1n) is 11.0. The highest BCUT2D eigenvalue weighted by Gasteiger charge is 2.14. The fourth-order valence-corrected chi connectivity index (χ4v) is 3.75. The minimum absolute atomic E-state index is 0.0313. The van der Waals surface area contributed by atoms with Crippen LogP contribution in [0.1, 0.15) is 46.2 Å². The molecule has 184 valence electrons. The van der Waals surface area contributed by atoms with Gasteiger partial charge >= 0.3 is 5.97 Å². The van der Waals surface area contributed by atoms with Gasteiger partial charge in [0.15, 0.2) is 16.6 Å². The number of hydrogen-bond donors (Lipinski definition) is 2. The van der Waals surface area contributed by atoms with Gasteiger partial charge in [0.05, 0.1) is 38.5 Å².